The standard InChI is InChI=1S/C50H68N6/c1-8-9-10-11-12-13-14-15-16-17-18-19-20-21-22-23-34-55-44(39-26-30-41(31-27-39)50(5,6)7)48-53-33-36-56(48)46-43(38-24-28-40(29-25-38)49(2,3)4)47-52-32-35-54(47)42(37-51)45(46)55/h24-33,35-36,53H,8-23,34H2,1-7H3. The van der Waals surface area contributed by atoms with Crippen LogP contribution in [0.5, 0.6) is 0 Å². The number of benzene rings is 2. The van der Waals surface area contributed by atoms with Crippen LogP contribution in [0.15, 0.2) is 79.1 Å². The van der Waals surface area contributed by atoms with E-state index in [2.05, 4.69) is 124 Å². The molecule has 0 spiro atoms. The fraction of sp³-hybridized carbons (Fsp3) is 0.520. The van der Waals surface area contributed by atoms with Crippen LogP contribution in [0.25, 0.3) is 22.5 Å². The molecule has 6 nitrogen and oxygen atoms in total. The molecular formula is C50H68N6. The molecule has 2 aliphatic rings. The van der Waals surface area contributed by atoms with E-state index in [-0.39, 0.29) is 10.8 Å². The molecule has 0 aliphatic carbocycles. The number of pyridine rings is 1. The maximum atomic E-state index is 11.0. The highest BCUT2D eigenvalue weighted by molar-refractivity contribution is 6.06. The Labute approximate surface area is 338 Å². The maximum absolute atomic E-state index is 11.0. The Morgan fingerprint density at radius 1 is 0.643 bits per heavy atom. The highest BCUT2D eigenvalue weighted by Crippen LogP contribution is 2.52. The highest BCUT2D eigenvalue weighted by Gasteiger charge is 2.38. The van der Waals surface area contributed by atoms with Crippen LogP contribution in [0.1, 0.15) is 174 Å². The first-order valence-electron chi connectivity index (χ1n) is 21.9. The van der Waals surface area contributed by atoms with Gasteiger partial charge in [-0.2, -0.15) is 5.26 Å². The number of hydrogen-bond donors (Lipinski definition) is 1. The van der Waals surface area contributed by atoms with E-state index < -0.39 is 0 Å². The third-order valence-electron chi connectivity index (χ3n) is 11.9. The molecule has 0 fully saturated rings. The molecule has 0 atom stereocenters. The number of nitriles is 1. The van der Waals surface area contributed by atoms with Crippen molar-refractivity contribution in [2.75, 3.05) is 16.3 Å². The van der Waals surface area contributed by atoms with Crippen LogP contribution >= 0.6 is 0 Å². The number of unbranched alkanes of at least 4 members (excludes halogenated alkanes) is 15. The first kappa shape index (κ1) is 41.1. The van der Waals surface area contributed by atoms with E-state index in [1.807, 2.05) is 23.0 Å². The number of nitrogens with zero attached hydrogens (tertiary/aromatic N) is 5. The summed E-state index contributed by atoms with van der Waals surface area (Å²) >= 11 is 0. The first-order valence-corrected chi connectivity index (χ1v) is 21.9. The minimum Gasteiger partial charge on any atom is -0.345 e. The van der Waals surface area contributed by atoms with Gasteiger partial charge in [0.1, 0.15) is 23.2 Å². The van der Waals surface area contributed by atoms with Crippen LogP contribution < -0.4 is 15.1 Å². The Bertz CT molecular complexity index is 1990. The van der Waals surface area contributed by atoms with Crippen molar-refractivity contribution in [1.82, 2.24) is 14.7 Å². The van der Waals surface area contributed by atoms with Crippen LogP contribution in [0.4, 0.5) is 11.4 Å². The zero-order valence-electron chi connectivity index (χ0n) is 35.7. The van der Waals surface area contributed by atoms with Crippen molar-refractivity contribution in [2.24, 2.45) is 0 Å². The van der Waals surface area contributed by atoms with E-state index in [9.17, 15) is 5.26 Å². The third-order valence-corrected chi connectivity index (χ3v) is 11.9. The van der Waals surface area contributed by atoms with Crippen molar-refractivity contribution in [3.8, 4) is 17.2 Å². The molecule has 6 rings (SSSR count). The minimum atomic E-state index is 0.0456. The summed E-state index contributed by atoms with van der Waals surface area (Å²) in [5, 5.41) is 14.6. The first-order chi connectivity index (χ1) is 27.0. The third kappa shape index (κ3) is 9.37. The van der Waals surface area contributed by atoms with Gasteiger partial charge in [-0.25, -0.2) is 4.98 Å². The molecule has 4 heterocycles. The summed E-state index contributed by atoms with van der Waals surface area (Å²) in [6, 6.07) is 20.7. The second-order valence-corrected chi connectivity index (χ2v) is 18.3. The fourth-order valence-electron chi connectivity index (χ4n) is 8.52. The molecule has 2 aromatic heterocycles. The number of nitrogens with one attached hydrogen (secondary N) is 1. The van der Waals surface area contributed by atoms with Crippen LogP contribution in [0.2, 0.25) is 0 Å². The molecule has 0 bridgehead atoms. The van der Waals surface area contributed by atoms with Crippen LogP contribution in [0, 0.1) is 11.3 Å². The molecule has 4 aromatic rings. The summed E-state index contributed by atoms with van der Waals surface area (Å²) in [4.78, 5) is 9.59. The lowest BCUT2D eigenvalue weighted by molar-refractivity contribution is 0.530. The van der Waals surface area contributed by atoms with Gasteiger partial charge in [0.15, 0.2) is 5.69 Å². The van der Waals surface area contributed by atoms with Gasteiger partial charge in [0.2, 0.25) is 0 Å². The van der Waals surface area contributed by atoms with Crippen molar-refractivity contribution in [3.05, 3.63) is 102 Å². The molecular weight excluding hydrogens is 685 g/mol. The second-order valence-electron chi connectivity index (χ2n) is 18.3. The molecule has 2 aliphatic heterocycles. The van der Waals surface area contributed by atoms with Gasteiger partial charge < -0.3 is 10.2 Å². The molecule has 56 heavy (non-hydrogen) atoms. The molecule has 0 saturated carbocycles. The number of fused-ring (bicyclic) bond motifs is 4. The van der Waals surface area contributed by atoms with Gasteiger partial charge in [0.25, 0.3) is 0 Å². The van der Waals surface area contributed by atoms with Gasteiger partial charge in [-0.05, 0) is 33.9 Å². The normalized spacial score (nSPS) is 14.0. The monoisotopic (exact) mass is 753 g/mol. The summed E-state index contributed by atoms with van der Waals surface area (Å²) in [5.41, 5.74) is 10.4. The van der Waals surface area contributed by atoms with Gasteiger partial charge >= 0.3 is 0 Å². The quantitative estimate of drug-likeness (QED) is 0.0967. The van der Waals surface area contributed by atoms with E-state index in [1.165, 1.54) is 107 Å². The smallest absolute Gasteiger partial charge is 0.152 e. The van der Waals surface area contributed by atoms with E-state index in [0.29, 0.717) is 5.69 Å². The average molecular weight is 753 g/mol. The molecule has 0 saturated heterocycles. The number of anilines is 2. The van der Waals surface area contributed by atoms with Gasteiger partial charge in [-0.1, -0.05) is 193 Å². The minimum absolute atomic E-state index is 0.0456. The number of aromatic nitrogens is 2. The zero-order valence-corrected chi connectivity index (χ0v) is 35.7. The predicted octanol–water partition coefficient (Wildman–Crippen LogP) is 13.8. The molecule has 2 aromatic carbocycles. The van der Waals surface area contributed by atoms with E-state index in [4.69, 9.17) is 4.98 Å². The lowest BCUT2D eigenvalue weighted by atomic mass is 9.86. The largest absolute Gasteiger partial charge is 0.345 e. The van der Waals surface area contributed by atoms with Crippen LogP contribution in [-0.2, 0) is 10.8 Å². The van der Waals surface area contributed by atoms with E-state index >= 15 is 0 Å². The SMILES string of the molecule is CCCCCCCCCCCCCCCCCCN1C(c2ccc(C(C)(C)C)cc2)=C2NC=CN2c2c1c(C#N)n1ccnc1c2-c1ccc(C(C)(C)C)cc1. The molecule has 298 valence electrons. The van der Waals surface area contributed by atoms with Gasteiger partial charge in [-0.3, -0.25) is 9.30 Å². The lowest BCUT2D eigenvalue weighted by Gasteiger charge is -2.40. The van der Waals surface area contributed by atoms with Crippen molar-refractivity contribution < 1.29 is 0 Å². The summed E-state index contributed by atoms with van der Waals surface area (Å²) in [5.74, 6) is 1.02. The van der Waals surface area contributed by atoms with Crippen molar-refractivity contribution in [3.63, 3.8) is 0 Å². The number of imidazole rings is 1. The fourth-order valence-corrected chi connectivity index (χ4v) is 8.52. The number of rotatable bonds is 19. The zero-order chi connectivity index (χ0) is 39.7. The molecule has 0 unspecified atom stereocenters. The molecule has 0 amide bonds. The summed E-state index contributed by atoms with van der Waals surface area (Å²) in [6.07, 6.45) is 29.4. The van der Waals surface area contributed by atoms with Crippen LogP contribution in [-0.4, -0.2) is 15.9 Å². The Kier molecular flexibility index (Phi) is 13.7. The Hall–Kier alpha value is -4.50. The summed E-state index contributed by atoms with van der Waals surface area (Å²) < 4.78 is 2.00. The maximum Gasteiger partial charge on any atom is 0.152 e. The molecule has 6 heteroatoms. The van der Waals surface area contributed by atoms with E-state index in [0.717, 1.165) is 58.2 Å². The van der Waals surface area contributed by atoms with Gasteiger partial charge in [0.05, 0.1) is 16.9 Å². The summed E-state index contributed by atoms with van der Waals surface area (Å²) in [6.45, 7) is 16.7. The predicted molar refractivity (Wildman–Crippen MR) is 238 cm³/mol. The van der Waals surface area contributed by atoms with Gasteiger partial charge in [0, 0.05) is 36.9 Å². The second kappa shape index (κ2) is 18.6. The Morgan fingerprint density at radius 2 is 1.14 bits per heavy atom. The highest BCUT2D eigenvalue weighted by atomic mass is 15.4. The Balaban J connectivity index is 1.24. The topological polar surface area (TPSA) is 59.6 Å². The number of hydrogen-bond acceptors (Lipinski definition) is 5. The van der Waals surface area contributed by atoms with Crippen molar-refractivity contribution in [1.29, 1.82) is 5.26 Å². The van der Waals surface area contributed by atoms with E-state index in [1.54, 1.807) is 0 Å². The van der Waals surface area contributed by atoms with Gasteiger partial charge in [-0.15, -0.1) is 0 Å². The van der Waals surface area contributed by atoms with Crippen molar-refractivity contribution in [2.45, 2.75) is 162 Å². The van der Waals surface area contributed by atoms with Crippen molar-refractivity contribution >= 4 is 22.7 Å². The molecule has 0 radical (unpaired) electrons. The Morgan fingerprint density at radius 3 is 1.64 bits per heavy atom. The average Bonchev–Trinajstić information content (AvgIpc) is 3.87. The summed E-state index contributed by atoms with van der Waals surface area (Å²) in [7, 11) is 0. The van der Waals surface area contributed by atoms with Crippen LogP contribution in [0.3, 0.4) is 0 Å². The lowest BCUT2D eigenvalue weighted by Crippen LogP contribution is -2.37. The molecule has 1 N–H and O–H groups in total.